The summed E-state index contributed by atoms with van der Waals surface area (Å²) < 4.78 is 0. The van der Waals surface area contributed by atoms with Gasteiger partial charge in [0.25, 0.3) is 0 Å². The lowest BCUT2D eigenvalue weighted by molar-refractivity contribution is 0.288. The van der Waals surface area contributed by atoms with Crippen LogP contribution in [0.2, 0.25) is 0 Å². The second kappa shape index (κ2) is 6.55. The molecule has 0 aliphatic carbocycles. The molecule has 1 aromatic rings. The van der Waals surface area contributed by atoms with E-state index in [1.54, 1.807) is 0 Å². The summed E-state index contributed by atoms with van der Waals surface area (Å²) in [6.45, 7) is 6.37. The van der Waals surface area contributed by atoms with Crippen LogP contribution in [0.25, 0.3) is 0 Å². The van der Waals surface area contributed by atoms with Crippen LogP contribution in [0.3, 0.4) is 0 Å². The Morgan fingerprint density at radius 2 is 2.15 bits per heavy atom. The van der Waals surface area contributed by atoms with Crippen LogP contribution >= 0.6 is 12.2 Å². The summed E-state index contributed by atoms with van der Waals surface area (Å²) in [5.41, 5.74) is 3.65. The number of thiocarbonyl (C=S) groups is 1. The van der Waals surface area contributed by atoms with Gasteiger partial charge >= 0.3 is 0 Å². The van der Waals surface area contributed by atoms with Gasteiger partial charge in [-0.05, 0) is 64.6 Å². The number of nitrogens with one attached hydrogen (secondary N) is 1. The standard InChI is InChI=1S/C16H25N3S/c1-12-7-8-15(13(2)10-12)17-16(20)19-9-5-6-14(19)11-18(3)4/h7-8,10,14H,5-6,9,11H2,1-4H3,(H,17,20). The van der Waals surface area contributed by atoms with E-state index in [1.807, 2.05) is 0 Å². The largest absolute Gasteiger partial charge is 0.345 e. The molecule has 0 saturated carbocycles. The molecule has 3 nitrogen and oxygen atoms in total. The zero-order valence-corrected chi connectivity index (χ0v) is 13.8. The summed E-state index contributed by atoms with van der Waals surface area (Å²) in [4.78, 5) is 4.58. The third-order valence-corrected chi connectivity index (χ3v) is 4.17. The highest BCUT2D eigenvalue weighted by Crippen LogP contribution is 2.21. The van der Waals surface area contributed by atoms with Gasteiger partial charge in [0.2, 0.25) is 0 Å². The van der Waals surface area contributed by atoms with Gasteiger partial charge in [-0.25, -0.2) is 0 Å². The van der Waals surface area contributed by atoms with Crippen molar-refractivity contribution < 1.29 is 0 Å². The monoisotopic (exact) mass is 291 g/mol. The van der Waals surface area contributed by atoms with E-state index in [1.165, 1.54) is 24.0 Å². The minimum absolute atomic E-state index is 0.538. The van der Waals surface area contributed by atoms with Gasteiger partial charge in [-0.2, -0.15) is 0 Å². The molecule has 20 heavy (non-hydrogen) atoms. The predicted octanol–water partition coefficient (Wildman–Crippen LogP) is 3.03. The van der Waals surface area contributed by atoms with Gasteiger partial charge in [0.05, 0.1) is 0 Å². The van der Waals surface area contributed by atoms with Crippen molar-refractivity contribution in [1.82, 2.24) is 9.80 Å². The fraction of sp³-hybridized carbons (Fsp3) is 0.562. The van der Waals surface area contributed by atoms with Crippen molar-refractivity contribution in [2.24, 2.45) is 0 Å². The summed E-state index contributed by atoms with van der Waals surface area (Å²) in [7, 11) is 4.24. The normalized spacial score (nSPS) is 18.6. The molecule has 1 N–H and O–H groups in total. The van der Waals surface area contributed by atoms with Gasteiger partial charge in [-0.15, -0.1) is 0 Å². The second-order valence-corrected chi connectivity index (χ2v) is 6.39. The molecule has 1 saturated heterocycles. The van der Waals surface area contributed by atoms with Crippen LogP contribution in [0.1, 0.15) is 24.0 Å². The lowest BCUT2D eigenvalue weighted by Crippen LogP contribution is -2.43. The fourth-order valence-electron chi connectivity index (χ4n) is 2.86. The first-order valence-electron chi connectivity index (χ1n) is 7.27. The van der Waals surface area contributed by atoms with Gasteiger partial charge in [-0.1, -0.05) is 17.7 Å². The molecule has 0 amide bonds. The predicted molar refractivity (Wildman–Crippen MR) is 90.4 cm³/mol. The highest BCUT2D eigenvalue weighted by molar-refractivity contribution is 7.80. The highest BCUT2D eigenvalue weighted by atomic mass is 32.1. The van der Waals surface area contributed by atoms with Crippen molar-refractivity contribution in [3.63, 3.8) is 0 Å². The third kappa shape index (κ3) is 3.70. The Kier molecular flexibility index (Phi) is 5.00. The Labute approximate surface area is 128 Å². The third-order valence-electron chi connectivity index (χ3n) is 3.84. The molecular weight excluding hydrogens is 266 g/mol. The van der Waals surface area contributed by atoms with Crippen LogP contribution in [0, 0.1) is 13.8 Å². The molecule has 2 rings (SSSR count). The maximum atomic E-state index is 5.61. The quantitative estimate of drug-likeness (QED) is 0.863. The molecule has 1 fully saturated rings. The van der Waals surface area contributed by atoms with E-state index in [2.05, 4.69) is 61.3 Å². The van der Waals surface area contributed by atoms with Gasteiger partial charge < -0.3 is 15.1 Å². The summed E-state index contributed by atoms with van der Waals surface area (Å²) in [6, 6.07) is 6.97. The first-order chi connectivity index (χ1) is 9.47. The lowest BCUT2D eigenvalue weighted by Gasteiger charge is -2.29. The summed E-state index contributed by atoms with van der Waals surface area (Å²) in [5.74, 6) is 0. The topological polar surface area (TPSA) is 18.5 Å². The van der Waals surface area contributed by atoms with Crippen molar-refractivity contribution in [3.8, 4) is 0 Å². The van der Waals surface area contributed by atoms with Gasteiger partial charge in [0.15, 0.2) is 5.11 Å². The molecule has 0 bridgehead atoms. The number of rotatable bonds is 3. The maximum Gasteiger partial charge on any atom is 0.173 e. The molecule has 0 aromatic heterocycles. The Balaban J connectivity index is 2.03. The molecule has 1 aromatic carbocycles. The molecule has 1 unspecified atom stereocenters. The van der Waals surface area contributed by atoms with Gasteiger partial charge in [-0.3, -0.25) is 0 Å². The number of nitrogens with zero attached hydrogens (tertiary/aromatic N) is 2. The van der Waals surface area contributed by atoms with E-state index in [0.29, 0.717) is 6.04 Å². The van der Waals surface area contributed by atoms with E-state index in [-0.39, 0.29) is 0 Å². The lowest BCUT2D eigenvalue weighted by atomic mass is 10.1. The van der Waals surface area contributed by atoms with Crippen LogP contribution in [0.4, 0.5) is 5.69 Å². The summed E-state index contributed by atoms with van der Waals surface area (Å²) in [5, 5.41) is 4.28. The van der Waals surface area contributed by atoms with Crippen molar-refractivity contribution in [2.75, 3.05) is 32.5 Å². The van der Waals surface area contributed by atoms with Crippen molar-refractivity contribution in [3.05, 3.63) is 29.3 Å². The van der Waals surface area contributed by atoms with Crippen molar-refractivity contribution in [1.29, 1.82) is 0 Å². The van der Waals surface area contributed by atoms with Gasteiger partial charge in [0.1, 0.15) is 0 Å². The van der Waals surface area contributed by atoms with Crippen LogP contribution in [-0.2, 0) is 0 Å². The minimum Gasteiger partial charge on any atom is -0.345 e. The minimum atomic E-state index is 0.538. The Bertz CT molecular complexity index is 485. The highest BCUT2D eigenvalue weighted by Gasteiger charge is 2.26. The first-order valence-corrected chi connectivity index (χ1v) is 7.68. The zero-order valence-electron chi connectivity index (χ0n) is 12.9. The smallest absolute Gasteiger partial charge is 0.173 e. The first kappa shape index (κ1) is 15.3. The number of hydrogen-bond donors (Lipinski definition) is 1. The average molecular weight is 291 g/mol. The molecule has 4 heteroatoms. The van der Waals surface area contributed by atoms with Crippen LogP contribution < -0.4 is 5.32 Å². The summed E-state index contributed by atoms with van der Waals surface area (Å²) >= 11 is 5.61. The van der Waals surface area contributed by atoms with Gasteiger partial charge in [0, 0.05) is 24.8 Å². The number of likely N-dealkylation sites (tertiary alicyclic amines) is 1. The molecule has 1 heterocycles. The van der Waals surface area contributed by atoms with Crippen molar-refractivity contribution >= 4 is 23.0 Å². The zero-order chi connectivity index (χ0) is 14.7. The van der Waals surface area contributed by atoms with Crippen molar-refractivity contribution in [2.45, 2.75) is 32.7 Å². The Hall–Kier alpha value is -1.13. The van der Waals surface area contributed by atoms with E-state index in [0.717, 1.165) is 23.9 Å². The van der Waals surface area contributed by atoms with Crippen LogP contribution in [-0.4, -0.2) is 48.1 Å². The number of aryl methyl sites for hydroxylation is 2. The number of anilines is 1. The van der Waals surface area contributed by atoms with E-state index in [4.69, 9.17) is 12.2 Å². The number of likely N-dealkylation sites (N-methyl/N-ethyl adjacent to an activating group) is 1. The molecule has 1 aliphatic rings. The Morgan fingerprint density at radius 1 is 1.40 bits per heavy atom. The number of benzene rings is 1. The Morgan fingerprint density at radius 3 is 2.80 bits per heavy atom. The second-order valence-electron chi connectivity index (χ2n) is 6.00. The molecule has 0 spiro atoms. The molecule has 1 atom stereocenters. The summed E-state index contributed by atoms with van der Waals surface area (Å²) in [6.07, 6.45) is 2.46. The number of hydrogen-bond acceptors (Lipinski definition) is 2. The van der Waals surface area contributed by atoms with Crippen LogP contribution in [0.15, 0.2) is 18.2 Å². The molecule has 0 radical (unpaired) electrons. The molecule has 110 valence electrons. The van der Waals surface area contributed by atoms with E-state index >= 15 is 0 Å². The fourth-order valence-corrected chi connectivity index (χ4v) is 3.21. The van der Waals surface area contributed by atoms with E-state index in [9.17, 15) is 0 Å². The van der Waals surface area contributed by atoms with E-state index < -0.39 is 0 Å². The molecular formula is C16H25N3S. The maximum absolute atomic E-state index is 5.61. The SMILES string of the molecule is Cc1ccc(NC(=S)N2CCCC2CN(C)C)c(C)c1. The average Bonchev–Trinajstić information content (AvgIpc) is 2.80. The molecule has 1 aliphatic heterocycles. The van der Waals surface area contributed by atoms with Crippen LogP contribution in [0.5, 0.6) is 0 Å².